The molecule has 1 saturated heterocycles. The number of benzene rings is 1. The van der Waals surface area contributed by atoms with Crippen LogP contribution in [0.25, 0.3) is 0 Å². The summed E-state index contributed by atoms with van der Waals surface area (Å²) >= 11 is 15.7. The molecule has 158 valence electrons. The minimum Gasteiger partial charge on any atom is -0.377 e. The number of ether oxygens (including phenoxy) is 2. The molecule has 0 aliphatic carbocycles. The Morgan fingerprint density at radius 1 is 0.926 bits per heavy atom. The van der Waals surface area contributed by atoms with Gasteiger partial charge in [0.15, 0.2) is 3.79 Å². The molecule has 0 spiro atoms. The maximum Gasteiger partial charge on any atom is 0.190 e. The molecule has 2 rings (SSSR count). The molecular formula is C21H35Cl3O3. The van der Waals surface area contributed by atoms with Gasteiger partial charge in [0.25, 0.3) is 0 Å². The molecule has 0 radical (unpaired) electrons. The summed E-state index contributed by atoms with van der Waals surface area (Å²) in [5.41, 5.74) is 1.48. The smallest absolute Gasteiger partial charge is 0.190 e. The molecule has 0 unspecified atom stereocenters. The van der Waals surface area contributed by atoms with E-state index in [4.69, 9.17) is 44.3 Å². The Labute approximate surface area is 180 Å². The van der Waals surface area contributed by atoms with Crippen LogP contribution in [-0.4, -0.2) is 36.0 Å². The van der Waals surface area contributed by atoms with Gasteiger partial charge in [0, 0.05) is 0 Å². The molecule has 0 aromatic heterocycles. The van der Waals surface area contributed by atoms with Crippen LogP contribution in [0.5, 0.6) is 0 Å². The van der Waals surface area contributed by atoms with E-state index in [1.807, 2.05) is 6.92 Å². The molecule has 1 aliphatic heterocycles. The SMILES string of the molecule is C1COCCO1.CC(C)=O.CCC(CC)c1ccccc1.CCC(Cl)(Cl)Cl. The fourth-order valence-corrected chi connectivity index (χ4v) is 1.93. The largest absolute Gasteiger partial charge is 0.377 e. The van der Waals surface area contributed by atoms with Crippen LogP contribution in [0.4, 0.5) is 0 Å². The highest BCUT2D eigenvalue weighted by Gasteiger charge is 2.14. The first kappa shape index (κ1) is 28.9. The fourth-order valence-electron chi connectivity index (χ4n) is 1.93. The first-order valence-corrected chi connectivity index (χ1v) is 10.6. The topological polar surface area (TPSA) is 35.5 Å². The Balaban J connectivity index is 0. The molecule has 0 saturated carbocycles. The van der Waals surface area contributed by atoms with Crippen LogP contribution >= 0.6 is 34.8 Å². The van der Waals surface area contributed by atoms with Gasteiger partial charge in [0.2, 0.25) is 0 Å². The van der Waals surface area contributed by atoms with E-state index in [0.29, 0.717) is 6.42 Å². The number of halogens is 3. The molecule has 1 aromatic carbocycles. The molecule has 3 nitrogen and oxygen atoms in total. The zero-order valence-corrected chi connectivity index (χ0v) is 19.5. The quantitative estimate of drug-likeness (QED) is 0.474. The highest BCUT2D eigenvalue weighted by atomic mass is 35.6. The average molecular weight is 442 g/mol. The molecule has 0 atom stereocenters. The number of Topliss-reactive ketones (excluding diaryl/α,β-unsaturated/α-hetero) is 1. The maximum absolute atomic E-state index is 9.44. The summed E-state index contributed by atoms with van der Waals surface area (Å²) in [5, 5.41) is 0. The number of hydrogen-bond donors (Lipinski definition) is 0. The van der Waals surface area contributed by atoms with Crippen LogP contribution in [0.3, 0.4) is 0 Å². The molecule has 1 heterocycles. The van der Waals surface area contributed by atoms with Crippen molar-refractivity contribution in [1.82, 2.24) is 0 Å². The van der Waals surface area contributed by atoms with Gasteiger partial charge in [-0.05, 0) is 44.6 Å². The third-order valence-electron chi connectivity index (χ3n) is 3.40. The number of carbonyl (C=O) groups excluding carboxylic acids is 1. The molecule has 1 aliphatic rings. The van der Waals surface area contributed by atoms with E-state index in [1.54, 1.807) is 0 Å². The zero-order chi connectivity index (χ0) is 21.1. The van der Waals surface area contributed by atoms with Crippen molar-refractivity contribution in [3.63, 3.8) is 0 Å². The third-order valence-corrected chi connectivity index (χ3v) is 4.20. The van der Waals surface area contributed by atoms with Crippen molar-refractivity contribution in [3.8, 4) is 0 Å². The van der Waals surface area contributed by atoms with E-state index in [-0.39, 0.29) is 5.78 Å². The molecule has 1 aromatic rings. The summed E-state index contributed by atoms with van der Waals surface area (Å²) in [6, 6.07) is 10.8. The summed E-state index contributed by atoms with van der Waals surface area (Å²) in [6.45, 7) is 12.5. The van der Waals surface area contributed by atoms with Crippen LogP contribution in [-0.2, 0) is 14.3 Å². The van der Waals surface area contributed by atoms with Gasteiger partial charge in [-0.1, -0.05) is 85.9 Å². The van der Waals surface area contributed by atoms with E-state index in [0.717, 1.165) is 32.3 Å². The van der Waals surface area contributed by atoms with E-state index in [1.165, 1.54) is 32.3 Å². The molecule has 1 fully saturated rings. The second-order valence-corrected chi connectivity index (χ2v) is 8.54. The van der Waals surface area contributed by atoms with E-state index in [2.05, 4.69) is 44.2 Å². The number of rotatable bonds is 3. The van der Waals surface area contributed by atoms with Crippen molar-refractivity contribution in [2.45, 2.75) is 63.6 Å². The normalized spacial score (nSPS) is 13.2. The van der Waals surface area contributed by atoms with Crippen LogP contribution < -0.4 is 0 Å². The lowest BCUT2D eigenvalue weighted by Crippen LogP contribution is -2.16. The monoisotopic (exact) mass is 440 g/mol. The summed E-state index contributed by atoms with van der Waals surface area (Å²) in [7, 11) is 0. The minimum atomic E-state index is -1.04. The van der Waals surface area contributed by atoms with Crippen molar-refractivity contribution < 1.29 is 14.3 Å². The standard InChI is InChI=1S/C11H16.C4H8O2.C3H5Cl3.C3H6O/c1-3-10(4-2)11-8-6-5-7-9-11;1-2-6-4-3-5-1;1-2-3(4,5)6;1-3(2)4/h5-10H,3-4H2,1-2H3;1-4H2;2H2,1H3;1-2H3. The van der Waals surface area contributed by atoms with Crippen molar-refractivity contribution in [2.75, 3.05) is 26.4 Å². The summed E-state index contributed by atoms with van der Waals surface area (Å²) in [4.78, 5) is 9.44. The van der Waals surface area contributed by atoms with Crippen LogP contribution in [0.2, 0.25) is 0 Å². The predicted molar refractivity (Wildman–Crippen MR) is 118 cm³/mol. The van der Waals surface area contributed by atoms with Gasteiger partial charge in [0.05, 0.1) is 26.4 Å². The summed E-state index contributed by atoms with van der Waals surface area (Å²) in [6.07, 6.45) is 3.07. The first-order chi connectivity index (χ1) is 12.7. The second kappa shape index (κ2) is 19.0. The fraction of sp³-hybridized carbons (Fsp3) is 0.667. The van der Waals surface area contributed by atoms with E-state index >= 15 is 0 Å². The average Bonchev–Trinajstić information content (AvgIpc) is 2.65. The molecule has 0 bridgehead atoms. The Bertz CT molecular complexity index is 424. The Morgan fingerprint density at radius 3 is 1.48 bits per heavy atom. The highest BCUT2D eigenvalue weighted by Crippen LogP contribution is 2.28. The Hall–Kier alpha value is -0.320. The minimum absolute atomic E-state index is 0.167. The van der Waals surface area contributed by atoms with E-state index < -0.39 is 3.79 Å². The van der Waals surface area contributed by atoms with Gasteiger partial charge >= 0.3 is 0 Å². The lowest BCUT2D eigenvalue weighted by molar-refractivity contribution is -0.114. The van der Waals surface area contributed by atoms with Crippen molar-refractivity contribution in [3.05, 3.63) is 35.9 Å². The van der Waals surface area contributed by atoms with Gasteiger partial charge < -0.3 is 14.3 Å². The van der Waals surface area contributed by atoms with Crippen molar-refractivity contribution in [2.24, 2.45) is 0 Å². The number of hydrogen-bond acceptors (Lipinski definition) is 3. The highest BCUT2D eigenvalue weighted by molar-refractivity contribution is 6.67. The maximum atomic E-state index is 9.44. The van der Waals surface area contributed by atoms with Gasteiger partial charge in [-0.2, -0.15) is 0 Å². The molecule has 0 amide bonds. The molecule has 6 heteroatoms. The molecule has 0 N–H and O–H groups in total. The molecule has 27 heavy (non-hydrogen) atoms. The Kier molecular flexibility index (Phi) is 20.3. The second-order valence-electron chi connectivity index (χ2n) is 6.03. The zero-order valence-electron chi connectivity index (χ0n) is 17.3. The van der Waals surface area contributed by atoms with Crippen molar-refractivity contribution >= 4 is 40.6 Å². The van der Waals surface area contributed by atoms with Gasteiger partial charge in [0.1, 0.15) is 5.78 Å². The lowest BCUT2D eigenvalue weighted by Gasteiger charge is -2.11. The van der Waals surface area contributed by atoms with Crippen LogP contribution in [0.15, 0.2) is 30.3 Å². The Morgan fingerprint density at radius 2 is 1.26 bits per heavy atom. The molecular weight excluding hydrogens is 407 g/mol. The predicted octanol–water partition coefficient (Wildman–Crippen LogP) is 6.99. The first-order valence-electron chi connectivity index (χ1n) is 9.42. The van der Waals surface area contributed by atoms with Gasteiger partial charge in [-0.3, -0.25) is 0 Å². The number of ketones is 1. The summed E-state index contributed by atoms with van der Waals surface area (Å²) in [5.74, 6) is 0.927. The van der Waals surface area contributed by atoms with Gasteiger partial charge in [-0.25, -0.2) is 0 Å². The number of alkyl halides is 3. The number of carbonyl (C=O) groups is 1. The van der Waals surface area contributed by atoms with Crippen molar-refractivity contribution in [1.29, 1.82) is 0 Å². The van der Waals surface area contributed by atoms with E-state index in [9.17, 15) is 4.79 Å². The van der Waals surface area contributed by atoms with Gasteiger partial charge in [-0.15, -0.1) is 0 Å². The lowest BCUT2D eigenvalue weighted by atomic mass is 9.94. The van der Waals surface area contributed by atoms with Crippen LogP contribution in [0, 0.1) is 0 Å². The van der Waals surface area contributed by atoms with Crippen LogP contribution in [0.1, 0.15) is 65.4 Å². The third kappa shape index (κ3) is 23.6. The summed E-state index contributed by atoms with van der Waals surface area (Å²) < 4.78 is 8.85.